The zero-order chi connectivity index (χ0) is 26.0. The van der Waals surface area contributed by atoms with Crippen LogP contribution in [0.1, 0.15) is 43.1 Å². The molecule has 0 atom stereocenters. The van der Waals surface area contributed by atoms with E-state index in [0.717, 1.165) is 0 Å². The second-order valence-electron chi connectivity index (χ2n) is 8.61. The van der Waals surface area contributed by atoms with Crippen molar-refractivity contribution < 1.29 is 19.1 Å². The van der Waals surface area contributed by atoms with Crippen molar-refractivity contribution in [1.29, 1.82) is 5.26 Å². The van der Waals surface area contributed by atoms with Gasteiger partial charge >= 0.3 is 5.97 Å². The van der Waals surface area contributed by atoms with Crippen LogP contribution in [0.3, 0.4) is 0 Å². The lowest BCUT2D eigenvalue weighted by atomic mass is 9.91. The van der Waals surface area contributed by atoms with Crippen LogP contribution in [-0.4, -0.2) is 25.1 Å². The largest absolute Gasteiger partial charge is 0.490 e. The third-order valence-corrected chi connectivity index (χ3v) is 5.54. The second-order valence-corrected chi connectivity index (χ2v) is 8.61. The minimum Gasteiger partial charge on any atom is -0.490 e. The van der Waals surface area contributed by atoms with Crippen molar-refractivity contribution in [3.63, 3.8) is 0 Å². The number of nitrogens with one attached hydrogen (secondary N) is 1. The van der Waals surface area contributed by atoms with Crippen LogP contribution in [0.4, 0.5) is 17.1 Å². The summed E-state index contributed by atoms with van der Waals surface area (Å²) in [5, 5.41) is 20.0. The molecule has 8 nitrogen and oxygen atoms in total. The zero-order valence-electron chi connectivity index (χ0n) is 20.5. The number of carbonyl (C=O) groups is 2. The van der Waals surface area contributed by atoms with Crippen molar-refractivity contribution in [2.75, 3.05) is 18.5 Å². The van der Waals surface area contributed by atoms with Gasteiger partial charge in [0, 0.05) is 11.3 Å². The summed E-state index contributed by atoms with van der Waals surface area (Å²) in [6.45, 7) is 6.02. The van der Waals surface area contributed by atoms with Crippen molar-refractivity contribution >= 4 is 28.9 Å². The van der Waals surface area contributed by atoms with Gasteiger partial charge in [-0.2, -0.15) is 15.5 Å². The van der Waals surface area contributed by atoms with Gasteiger partial charge in [-0.1, -0.05) is 6.92 Å². The van der Waals surface area contributed by atoms with Crippen LogP contribution in [0.25, 0.3) is 0 Å². The number of carbonyl (C=O) groups excluding carboxylic acids is 2. The molecule has 1 amide bonds. The molecule has 0 fully saturated rings. The number of anilines is 1. The number of nitrogens with zero attached hydrogens (tertiary/aromatic N) is 3. The molecule has 0 aliphatic heterocycles. The fraction of sp³-hybridized carbons (Fsp3) is 0.250. The third-order valence-electron chi connectivity index (χ3n) is 5.54. The third kappa shape index (κ3) is 7.50. The Morgan fingerprint density at radius 3 is 2.03 bits per heavy atom. The first-order valence-electron chi connectivity index (χ1n) is 11.5. The van der Waals surface area contributed by atoms with E-state index >= 15 is 0 Å². The quantitative estimate of drug-likeness (QED) is 0.198. The molecular formula is C28H28N4O4. The number of esters is 1. The van der Waals surface area contributed by atoms with Gasteiger partial charge in [0.1, 0.15) is 19.0 Å². The average Bonchev–Trinajstić information content (AvgIpc) is 2.91. The molecular weight excluding hydrogens is 456 g/mol. The van der Waals surface area contributed by atoms with Crippen LogP contribution in [0, 0.1) is 16.7 Å². The fourth-order valence-corrected chi connectivity index (χ4v) is 2.87. The lowest BCUT2D eigenvalue weighted by molar-refractivity contribution is -0.154. The SMILES string of the molecule is CCC(C)(C)C(=O)OCCOc1ccc(C(=O)Nc2ccc(/N=N/c3ccc(C#N)cc3)cc2)cc1. The molecule has 0 aliphatic carbocycles. The van der Waals surface area contributed by atoms with Gasteiger partial charge < -0.3 is 14.8 Å². The highest BCUT2D eigenvalue weighted by atomic mass is 16.6. The van der Waals surface area contributed by atoms with Crippen molar-refractivity contribution in [1.82, 2.24) is 0 Å². The first-order chi connectivity index (χ1) is 17.3. The number of hydrogen-bond donors (Lipinski definition) is 1. The molecule has 3 aromatic carbocycles. The Morgan fingerprint density at radius 2 is 1.47 bits per heavy atom. The number of benzene rings is 3. The van der Waals surface area contributed by atoms with E-state index in [2.05, 4.69) is 21.6 Å². The van der Waals surface area contributed by atoms with Crippen LogP contribution in [0.15, 0.2) is 83.0 Å². The lowest BCUT2D eigenvalue weighted by Gasteiger charge is -2.20. The molecule has 0 bridgehead atoms. The van der Waals surface area contributed by atoms with E-state index in [-0.39, 0.29) is 25.1 Å². The first kappa shape index (κ1) is 26.1. The maximum absolute atomic E-state index is 12.6. The second kappa shape index (κ2) is 12.3. The van der Waals surface area contributed by atoms with Crippen molar-refractivity contribution in [2.24, 2.45) is 15.6 Å². The van der Waals surface area contributed by atoms with Gasteiger partial charge in [-0.3, -0.25) is 9.59 Å². The maximum Gasteiger partial charge on any atom is 0.311 e. The first-order valence-corrected chi connectivity index (χ1v) is 11.5. The number of amides is 1. The van der Waals surface area contributed by atoms with E-state index in [4.69, 9.17) is 14.7 Å². The Kier molecular flexibility index (Phi) is 8.89. The van der Waals surface area contributed by atoms with Crippen molar-refractivity contribution in [3.05, 3.63) is 83.9 Å². The van der Waals surface area contributed by atoms with Gasteiger partial charge in [0.2, 0.25) is 0 Å². The van der Waals surface area contributed by atoms with E-state index in [1.807, 2.05) is 20.8 Å². The fourth-order valence-electron chi connectivity index (χ4n) is 2.87. The van der Waals surface area contributed by atoms with Gasteiger partial charge in [-0.25, -0.2) is 0 Å². The monoisotopic (exact) mass is 484 g/mol. The van der Waals surface area contributed by atoms with Gasteiger partial charge in [0.05, 0.1) is 28.4 Å². The molecule has 3 rings (SSSR count). The van der Waals surface area contributed by atoms with E-state index in [0.29, 0.717) is 40.4 Å². The summed E-state index contributed by atoms with van der Waals surface area (Å²) in [5.41, 5.74) is 2.41. The lowest BCUT2D eigenvalue weighted by Crippen LogP contribution is -2.27. The Labute approximate surface area is 210 Å². The molecule has 0 heterocycles. The van der Waals surface area contributed by atoms with Gasteiger partial charge in [0.15, 0.2) is 0 Å². The Morgan fingerprint density at radius 1 is 0.889 bits per heavy atom. The van der Waals surface area contributed by atoms with Gasteiger partial charge in [0.25, 0.3) is 5.91 Å². The van der Waals surface area contributed by atoms with Gasteiger partial charge in [-0.15, -0.1) is 0 Å². The maximum atomic E-state index is 12.6. The predicted octanol–water partition coefficient (Wildman–Crippen LogP) is 6.58. The highest BCUT2D eigenvalue weighted by Crippen LogP contribution is 2.22. The molecule has 1 N–H and O–H groups in total. The van der Waals surface area contributed by atoms with Crippen molar-refractivity contribution in [2.45, 2.75) is 27.2 Å². The molecule has 0 saturated heterocycles. The van der Waals surface area contributed by atoms with E-state index in [1.54, 1.807) is 72.8 Å². The number of hydrogen-bond acceptors (Lipinski definition) is 7. The molecule has 0 saturated carbocycles. The smallest absolute Gasteiger partial charge is 0.311 e. The molecule has 0 unspecified atom stereocenters. The number of nitriles is 1. The van der Waals surface area contributed by atoms with Crippen molar-refractivity contribution in [3.8, 4) is 11.8 Å². The van der Waals surface area contributed by atoms with Crippen LogP contribution < -0.4 is 10.1 Å². The molecule has 36 heavy (non-hydrogen) atoms. The summed E-state index contributed by atoms with van der Waals surface area (Å²) < 4.78 is 10.8. The molecule has 8 heteroatoms. The minimum atomic E-state index is -0.508. The number of ether oxygens (including phenoxy) is 2. The Balaban J connectivity index is 1.47. The molecule has 0 radical (unpaired) electrons. The summed E-state index contributed by atoms with van der Waals surface area (Å²) in [7, 11) is 0. The molecule has 0 aromatic heterocycles. The summed E-state index contributed by atoms with van der Waals surface area (Å²) in [6.07, 6.45) is 0.700. The highest BCUT2D eigenvalue weighted by molar-refractivity contribution is 6.04. The van der Waals surface area contributed by atoms with Crippen LogP contribution in [-0.2, 0) is 9.53 Å². The van der Waals surface area contributed by atoms with E-state index < -0.39 is 5.41 Å². The standard InChI is InChI=1S/C28H28N4O4/c1-4-28(2,3)27(34)36-18-17-35-25-15-7-21(8-16-25)26(33)30-22-11-13-24(14-12-22)32-31-23-9-5-20(19-29)6-10-23/h5-16H,4,17-18H2,1-3H3,(H,30,33)/b32-31+. The Hall–Kier alpha value is -4.51. The summed E-state index contributed by atoms with van der Waals surface area (Å²) in [4.78, 5) is 24.5. The van der Waals surface area contributed by atoms with Crippen LogP contribution in [0.2, 0.25) is 0 Å². The average molecular weight is 485 g/mol. The zero-order valence-corrected chi connectivity index (χ0v) is 20.5. The van der Waals surface area contributed by atoms with Crippen LogP contribution >= 0.6 is 0 Å². The molecule has 0 aliphatic rings. The highest BCUT2D eigenvalue weighted by Gasteiger charge is 2.26. The topological polar surface area (TPSA) is 113 Å². The summed E-state index contributed by atoms with van der Waals surface area (Å²) in [5.74, 6) is 0.0709. The van der Waals surface area contributed by atoms with Crippen LogP contribution in [0.5, 0.6) is 5.75 Å². The predicted molar refractivity (Wildman–Crippen MR) is 137 cm³/mol. The molecule has 184 valence electrons. The number of rotatable bonds is 10. The van der Waals surface area contributed by atoms with E-state index in [9.17, 15) is 9.59 Å². The summed E-state index contributed by atoms with van der Waals surface area (Å²) in [6, 6.07) is 22.5. The molecule has 3 aromatic rings. The number of azo groups is 1. The summed E-state index contributed by atoms with van der Waals surface area (Å²) >= 11 is 0. The minimum absolute atomic E-state index is 0.160. The Bertz CT molecular complexity index is 1240. The molecule has 0 spiro atoms. The normalized spacial score (nSPS) is 11.1. The van der Waals surface area contributed by atoms with Gasteiger partial charge in [-0.05, 0) is 93.1 Å². The van der Waals surface area contributed by atoms with E-state index in [1.165, 1.54) is 0 Å².